The van der Waals surface area contributed by atoms with Crippen LogP contribution >= 0.6 is 11.8 Å². The van der Waals surface area contributed by atoms with Crippen LogP contribution in [-0.2, 0) is 0 Å². The summed E-state index contributed by atoms with van der Waals surface area (Å²) < 4.78 is 0. The molecule has 8 heteroatoms. The highest BCUT2D eigenvalue weighted by Gasteiger charge is 2.14. The molecule has 0 aliphatic carbocycles. The number of amides is 1. The van der Waals surface area contributed by atoms with Crippen molar-refractivity contribution in [3.63, 3.8) is 0 Å². The lowest BCUT2D eigenvalue weighted by atomic mass is 10.2. The van der Waals surface area contributed by atoms with Gasteiger partial charge in [0.25, 0.3) is 5.91 Å². The highest BCUT2D eigenvalue weighted by atomic mass is 32.2. The van der Waals surface area contributed by atoms with E-state index in [1.165, 1.54) is 18.0 Å². The predicted molar refractivity (Wildman–Crippen MR) is 86.6 cm³/mol. The predicted octanol–water partition coefficient (Wildman–Crippen LogP) is 2.18. The fourth-order valence-corrected chi connectivity index (χ4v) is 2.36. The van der Waals surface area contributed by atoms with Gasteiger partial charge in [0.1, 0.15) is 11.4 Å². The van der Waals surface area contributed by atoms with Gasteiger partial charge < -0.3 is 10.6 Å². The number of nitrogens with zero attached hydrogens (tertiary/aromatic N) is 3. The summed E-state index contributed by atoms with van der Waals surface area (Å²) in [4.78, 5) is 20.5. The molecule has 0 fully saturated rings. The molecule has 1 aromatic carbocycles. The SMILES string of the molecule is CNC(=O)c1cnc(SC)nc1Nc1ccc2[nH]ncc2c1. The number of nitrogens with one attached hydrogen (secondary N) is 3. The molecule has 0 bridgehead atoms. The van der Waals surface area contributed by atoms with Crippen LogP contribution in [0, 0.1) is 0 Å². The molecular weight excluding hydrogens is 300 g/mol. The van der Waals surface area contributed by atoms with E-state index in [1.807, 2.05) is 24.5 Å². The number of benzene rings is 1. The van der Waals surface area contributed by atoms with Crippen LogP contribution in [0.1, 0.15) is 10.4 Å². The van der Waals surface area contributed by atoms with Crippen LogP contribution in [0.25, 0.3) is 10.9 Å². The summed E-state index contributed by atoms with van der Waals surface area (Å²) in [5, 5.41) is 14.2. The number of aromatic amines is 1. The van der Waals surface area contributed by atoms with Crippen molar-refractivity contribution >= 4 is 40.1 Å². The first kappa shape index (κ1) is 14.3. The molecule has 22 heavy (non-hydrogen) atoms. The molecule has 112 valence electrons. The number of thioether (sulfide) groups is 1. The first-order valence-corrected chi connectivity index (χ1v) is 7.77. The third-order valence-electron chi connectivity index (χ3n) is 3.12. The van der Waals surface area contributed by atoms with Crippen molar-refractivity contribution in [3.05, 3.63) is 36.2 Å². The molecule has 0 saturated carbocycles. The van der Waals surface area contributed by atoms with Gasteiger partial charge in [-0.05, 0) is 24.5 Å². The highest BCUT2D eigenvalue weighted by Crippen LogP contribution is 2.23. The minimum Gasteiger partial charge on any atom is -0.355 e. The molecule has 0 saturated heterocycles. The molecule has 0 radical (unpaired) electrons. The molecule has 3 aromatic rings. The van der Waals surface area contributed by atoms with E-state index >= 15 is 0 Å². The first-order valence-electron chi connectivity index (χ1n) is 6.54. The van der Waals surface area contributed by atoms with E-state index in [4.69, 9.17) is 0 Å². The molecule has 0 aliphatic rings. The third-order valence-corrected chi connectivity index (χ3v) is 3.69. The van der Waals surface area contributed by atoms with Crippen molar-refractivity contribution in [2.24, 2.45) is 0 Å². The standard InChI is InChI=1S/C14H14N6OS/c1-15-13(21)10-7-16-14(22-2)19-12(10)18-9-3-4-11-8(5-9)6-17-20-11/h3-7H,1-2H3,(H,15,21)(H,17,20)(H,16,18,19). The van der Waals surface area contributed by atoms with Gasteiger partial charge in [0.15, 0.2) is 5.16 Å². The summed E-state index contributed by atoms with van der Waals surface area (Å²) in [6.45, 7) is 0. The van der Waals surface area contributed by atoms with Crippen LogP contribution < -0.4 is 10.6 Å². The summed E-state index contributed by atoms with van der Waals surface area (Å²) in [7, 11) is 1.58. The van der Waals surface area contributed by atoms with Gasteiger partial charge in [0.05, 0.1) is 11.7 Å². The van der Waals surface area contributed by atoms with Crippen LogP contribution in [0.4, 0.5) is 11.5 Å². The van der Waals surface area contributed by atoms with Crippen molar-refractivity contribution in [2.45, 2.75) is 5.16 Å². The van der Waals surface area contributed by atoms with E-state index in [0.29, 0.717) is 16.5 Å². The van der Waals surface area contributed by atoms with Crippen molar-refractivity contribution in [2.75, 3.05) is 18.6 Å². The summed E-state index contributed by atoms with van der Waals surface area (Å²) in [6, 6.07) is 5.75. The normalized spacial score (nSPS) is 10.6. The van der Waals surface area contributed by atoms with Crippen molar-refractivity contribution in [1.82, 2.24) is 25.5 Å². The second-order valence-electron chi connectivity index (χ2n) is 4.50. The second kappa shape index (κ2) is 6.02. The zero-order valence-electron chi connectivity index (χ0n) is 12.0. The summed E-state index contributed by atoms with van der Waals surface area (Å²) >= 11 is 1.42. The molecule has 3 rings (SSSR count). The maximum absolute atomic E-state index is 11.9. The van der Waals surface area contributed by atoms with Crippen LogP contribution in [0.3, 0.4) is 0 Å². The van der Waals surface area contributed by atoms with E-state index in [-0.39, 0.29) is 5.91 Å². The third kappa shape index (κ3) is 2.73. The van der Waals surface area contributed by atoms with E-state index < -0.39 is 0 Å². The maximum Gasteiger partial charge on any atom is 0.256 e. The number of rotatable bonds is 4. The number of hydrogen-bond donors (Lipinski definition) is 3. The fraction of sp³-hybridized carbons (Fsp3) is 0.143. The van der Waals surface area contributed by atoms with Crippen molar-refractivity contribution < 1.29 is 4.79 Å². The molecular formula is C14H14N6OS. The van der Waals surface area contributed by atoms with Gasteiger partial charge in [0, 0.05) is 24.3 Å². The number of carbonyl (C=O) groups excluding carboxylic acids is 1. The molecule has 3 N–H and O–H groups in total. The molecule has 0 aliphatic heterocycles. The number of anilines is 2. The molecule has 7 nitrogen and oxygen atoms in total. The van der Waals surface area contributed by atoms with Crippen molar-refractivity contribution in [3.8, 4) is 0 Å². The number of H-pyrrole nitrogens is 1. The summed E-state index contributed by atoms with van der Waals surface area (Å²) in [5.41, 5.74) is 2.17. The number of fused-ring (bicyclic) bond motifs is 1. The number of carbonyl (C=O) groups is 1. The molecule has 2 heterocycles. The van der Waals surface area contributed by atoms with Crippen LogP contribution in [0.15, 0.2) is 35.7 Å². The Morgan fingerprint density at radius 3 is 2.95 bits per heavy atom. The molecule has 1 amide bonds. The second-order valence-corrected chi connectivity index (χ2v) is 5.27. The molecule has 2 aromatic heterocycles. The Balaban J connectivity index is 2.00. The smallest absolute Gasteiger partial charge is 0.256 e. The van der Waals surface area contributed by atoms with E-state index in [2.05, 4.69) is 30.8 Å². The topological polar surface area (TPSA) is 95.6 Å². The van der Waals surface area contributed by atoms with Gasteiger partial charge in [-0.25, -0.2) is 9.97 Å². The van der Waals surface area contributed by atoms with E-state index in [9.17, 15) is 4.79 Å². The number of hydrogen-bond acceptors (Lipinski definition) is 6. The Labute approximate surface area is 130 Å². The average molecular weight is 314 g/mol. The van der Waals surface area contributed by atoms with Gasteiger partial charge in [-0.2, -0.15) is 5.10 Å². The average Bonchev–Trinajstić information content (AvgIpc) is 3.01. The molecule has 0 unspecified atom stereocenters. The van der Waals surface area contributed by atoms with E-state index in [1.54, 1.807) is 13.2 Å². The minimum absolute atomic E-state index is 0.237. The van der Waals surface area contributed by atoms with Gasteiger partial charge in [-0.15, -0.1) is 0 Å². The lowest BCUT2D eigenvalue weighted by Gasteiger charge is -2.11. The number of aromatic nitrogens is 4. The Hall–Kier alpha value is -2.61. The van der Waals surface area contributed by atoms with Crippen LogP contribution in [0.2, 0.25) is 0 Å². The van der Waals surface area contributed by atoms with Gasteiger partial charge in [-0.1, -0.05) is 11.8 Å². The monoisotopic (exact) mass is 314 g/mol. The fourth-order valence-electron chi connectivity index (χ4n) is 2.02. The molecule has 0 atom stereocenters. The zero-order valence-corrected chi connectivity index (χ0v) is 12.9. The Morgan fingerprint density at radius 1 is 1.32 bits per heavy atom. The van der Waals surface area contributed by atoms with Gasteiger partial charge in [-0.3, -0.25) is 9.89 Å². The summed E-state index contributed by atoms with van der Waals surface area (Å²) in [6.07, 6.45) is 5.15. The Kier molecular flexibility index (Phi) is 3.92. The van der Waals surface area contributed by atoms with E-state index in [0.717, 1.165) is 16.6 Å². The largest absolute Gasteiger partial charge is 0.355 e. The highest BCUT2D eigenvalue weighted by molar-refractivity contribution is 7.98. The first-order chi connectivity index (χ1) is 10.7. The lowest BCUT2D eigenvalue weighted by Crippen LogP contribution is -2.20. The molecule has 0 spiro atoms. The van der Waals surface area contributed by atoms with Crippen LogP contribution in [0.5, 0.6) is 0 Å². The summed E-state index contributed by atoms with van der Waals surface area (Å²) in [5.74, 6) is 0.237. The quantitative estimate of drug-likeness (QED) is 0.504. The Bertz CT molecular complexity index is 831. The minimum atomic E-state index is -0.237. The van der Waals surface area contributed by atoms with Gasteiger partial charge in [0.2, 0.25) is 0 Å². The van der Waals surface area contributed by atoms with Crippen LogP contribution in [-0.4, -0.2) is 39.4 Å². The lowest BCUT2D eigenvalue weighted by molar-refractivity contribution is 0.0963. The van der Waals surface area contributed by atoms with Crippen molar-refractivity contribution in [1.29, 1.82) is 0 Å². The zero-order chi connectivity index (χ0) is 15.5. The van der Waals surface area contributed by atoms with Gasteiger partial charge >= 0.3 is 0 Å². The Morgan fingerprint density at radius 2 is 2.18 bits per heavy atom. The maximum atomic E-state index is 11.9.